The summed E-state index contributed by atoms with van der Waals surface area (Å²) in [4.78, 5) is 21.1. The van der Waals surface area contributed by atoms with Gasteiger partial charge in [0, 0.05) is 25.7 Å². The molecule has 0 aliphatic carbocycles. The predicted molar refractivity (Wildman–Crippen MR) is 83.5 cm³/mol. The van der Waals surface area contributed by atoms with E-state index in [1.165, 1.54) is 11.3 Å². The minimum Gasteiger partial charge on any atom is -0.333 e. The van der Waals surface area contributed by atoms with Crippen LogP contribution < -0.4 is 5.32 Å². The van der Waals surface area contributed by atoms with Gasteiger partial charge in [-0.2, -0.15) is 0 Å². The molecule has 1 aliphatic heterocycles. The average Bonchev–Trinajstić information content (AvgIpc) is 3.07. The number of carbonyl (C=O) groups is 1. The van der Waals surface area contributed by atoms with E-state index in [2.05, 4.69) is 17.2 Å². The smallest absolute Gasteiger partial charge is 0.266 e. The van der Waals surface area contributed by atoms with Gasteiger partial charge in [0.1, 0.15) is 9.88 Å². The second-order valence-electron chi connectivity index (χ2n) is 4.96. The van der Waals surface area contributed by atoms with Crippen molar-refractivity contribution in [2.75, 3.05) is 19.6 Å². The molecule has 1 unspecified atom stereocenters. The highest BCUT2D eigenvalue weighted by molar-refractivity contribution is 7.22. The number of thiazole rings is 1. The molecule has 1 aliphatic rings. The summed E-state index contributed by atoms with van der Waals surface area (Å²) in [6.07, 6.45) is 0. The number of hydrogen-bond donors (Lipinski definition) is 1. The summed E-state index contributed by atoms with van der Waals surface area (Å²) in [5.41, 5.74) is 0.842. The number of carbonyl (C=O) groups excluding carboxylic acids is 1. The van der Waals surface area contributed by atoms with Crippen molar-refractivity contribution in [2.24, 2.45) is 0 Å². The van der Waals surface area contributed by atoms with Gasteiger partial charge in [-0.3, -0.25) is 4.79 Å². The van der Waals surface area contributed by atoms with Gasteiger partial charge in [-0.15, -0.1) is 22.7 Å². The topological polar surface area (TPSA) is 45.2 Å². The summed E-state index contributed by atoms with van der Waals surface area (Å²) in [6.45, 7) is 6.51. The van der Waals surface area contributed by atoms with Crippen LogP contribution in [-0.2, 0) is 0 Å². The lowest BCUT2D eigenvalue weighted by Crippen LogP contribution is -2.52. The first kappa shape index (κ1) is 13.7. The number of piperazine rings is 1. The number of nitrogens with one attached hydrogen (secondary N) is 1. The summed E-state index contributed by atoms with van der Waals surface area (Å²) in [6, 6.07) is 4.30. The zero-order valence-corrected chi connectivity index (χ0v) is 13.2. The number of aromatic nitrogens is 1. The van der Waals surface area contributed by atoms with Crippen LogP contribution >= 0.6 is 22.7 Å². The van der Waals surface area contributed by atoms with E-state index in [1.54, 1.807) is 11.3 Å². The van der Waals surface area contributed by atoms with Gasteiger partial charge in [-0.05, 0) is 25.3 Å². The summed E-state index contributed by atoms with van der Waals surface area (Å²) in [5, 5.41) is 6.29. The first-order valence-corrected chi connectivity index (χ1v) is 8.39. The molecule has 3 rings (SSSR count). The Morgan fingerprint density at radius 1 is 1.55 bits per heavy atom. The Hall–Kier alpha value is -1.24. The first-order valence-electron chi connectivity index (χ1n) is 6.70. The molecule has 0 bridgehead atoms. The molecule has 1 atom stereocenters. The number of hydrogen-bond acceptors (Lipinski definition) is 5. The Labute approximate surface area is 126 Å². The van der Waals surface area contributed by atoms with Gasteiger partial charge in [-0.1, -0.05) is 6.07 Å². The summed E-state index contributed by atoms with van der Waals surface area (Å²) >= 11 is 3.17. The number of amides is 1. The molecular weight excluding hydrogens is 290 g/mol. The number of nitrogens with zero attached hydrogens (tertiary/aromatic N) is 2. The third kappa shape index (κ3) is 2.51. The van der Waals surface area contributed by atoms with Crippen LogP contribution in [0, 0.1) is 6.92 Å². The van der Waals surface area contributed by atoms with E-state index in [9.17, 15) is 4.79 Å². The van der Waals surface area contributed by atoms with Gasteiger partial charge < -0.3 is 10.2 Å². The molecule has 1 N–H and O–H groups in total. The van der Waals surface area contributed by atoms with E-state index >= 15 is 0 Å². The first-order chi connectivity index (χ1) is 9.66. The highest BCUT2D eigenvalue weighted by Crippen LogP contribution is 2.32. The monoisotopic (exact) mass is 307 g/mol. The second-order valence-corrected chi connectivity index (χ2v) is 6.91. The molecule has 1 amide bonds. The Kier molecular flexibility index (Phi) is 3.87. The fraction of sp³-hybridized carbons (Fsp3) is 0.429. The van der Waals surface area contributed by atoms with Gasteiger partial charge in [0.25, 0.3) is 5.91 Å². The molecule has 0 saturated carbocycles. The highest BCUT2D eigenvalue weighted by atomic mass is 32.1. The number of thiophene rings is 1. The predicted octanol–water partition coefficient (Wildman–Crippen LogP) is 2.61. The maximum absolute atomic E-state index is 12.7. The molecular formula is C14H17N3OS2. The van der Waals surface area contributed by atoms with Crippen LogP contribution in [0.5, 0.6) is 0 Å². The molecule has 0 aromatic carbocycles. The van der Waals surface area contributed by atoms with Crippen LogP contribution in [0.25, 0.3) is 9.88 Å². The molecule has 0 spiro atoms. The van der Waals surface area contributed by atoms with Crippen molar-refractivity contribution in [3.63, 3.8) is 0 Å². The van der Waals surface area contributed by atoms with Crippen LogP contribution in [0.4, 0.5) is 0 Å². The number of aryl methyl sites for hydroxylation is 1. The van der Waals surface area contributed by atoms with Crippen LogP contribution in [0.1, 0.15) is 22.3 Å². The molecule has 4 nitrogen and oxygen atoms in total. The molecule has 3 heterocycles. The average molecular weight is 307 g/mol. The normalized spacial score (nSPS) is 19.3. The lowest BCUT2D eigenvalue weighted by atomic mass is 10.2. The van der Waals surface area contributed by atoms with Gasteiger partial charge in [0.05, 0.1) is 10.6 Å². The molecule has 2 aromatic heterocycles. The van der Waals surface area contributed by atoms with Crippen LogP contribution in [0.3, 0.4) is 0 Å². The Bertz CT molecular complexity index is 606. The van der Waals surface area contributed by atoms with E-state index in [1.807, 2.05) is 29.3 Å². The molecule has 2 aromatic rings. The molecule has 0 radical (unpaired) electrons. The minimum atomic E-state index is 0.122. The zero-order valence-electron chi connectivity index (χ0n) is 11.5. The summed E-state index contributed by atoms with van der Waals surface area (Å²) in [7, 11) is 0. The largest absolute Gasteiger partial charge is 0.333 e. The van der Waals surface area contributed by atoms with Crippen molar-refractivity contribution >= 4 is 28.6 Å². The highest BCUT2D eigenvalue weighted by Gasteiger charge is 2.27. The van der Waals surface area contributed by atoms with Crippen LogP contribution in [0.2, 0.25) is 0 Å². The van der Waals surface area contributed by atoms with E-state index in [0.29, 0.717) is 0 Å². The van der Waals surface area contributed by atoms with Crippen molar-refractivity contribution in [1.82, 2.24) is 15.2 Å². The second kappa shape index (κ2) is 5.63. The van der Waals surface area contributed by atoms with Crippen LogP contribution in [-0.4, -0.2) is 41.5 Å². The molecule has 1 fully saturated rings. The SMILES string of the molecule is Cc1nc(-c2cccs2)sc1C(=O)N1CCNCC1C. The maximum atomic E-state index is 12.7. The van der Waals surface area contributed by atoms with Gasteiger partial charge in [-0.25, -0.2) is 4.98 Å². The van der Waals surface area contributed by atoms with E-state index in [4.69, 9.17) is 0 Å². The van der Waals surface area contributed by atoms with Crippen LogP contribution in [0.15, 0.2) is 17.5 Å². The summed E-state index contributed by atoms with van der Waals surface area (Å²) in [5.74, 6) is 0.122. The third-order valence-electron chi connectivity index (χ3n) is 3.48. The molecule has 106 valence electrons. The lowest BCUT2D eigenvalue weighted by Gasteiger charge is -2.33. The van der Waals surface area contributed by atoms with Gasteiger partial charge >= 0.3 is 0 Å². The summed E-state index contributed by atoms with van der Waals surface area (Å²) < 4.78 is 0. The van der Waals surface area contributed by atoms with E-state index < -0.39 is 0 Å². The van der Waals surface area contributed by atoms with E-state index in [-0.39, 0.29) is 11.9 Å². The quantitative estimate of drug-likeness (QED) is 0.927. The maximum Gasteiger partial charge on any atom is 0.266 e. The lowest BCUT2D eigenvalue weighted by molar-refractivity contribution is 0.0660. The van der Waals surface area contributed by atoms with Crippen molar-refractivity contribution in [2.45, 2.75) is 19.9 Å². The fourth-order valence-corrected chi connectivity index (χ4v) is 4.19. The molecule has 1 saturated heterocycles. The molecule has 20 heavy (non-hydrogen) atoms. The van der Waals surface area contributed by atoms with Crippen molar-refractivity contribution in [3.8, 4) is 9.88 Å². The fourth-order valence-electron chi connectivity index (χ4n) is 2.37. The van der Waals surface area contributed by atoms with Crippen molar-refractivity contribution < 1.29 is 4.79 Å². The van der Waals surface area contributed by atoms with Crippen molar-refractivity contribution in [1.29, 1.82) is 0 Å². The van der Waals surface area contributed by atoms with Gasteiger partial charge in [0.15, 0.2) is 0 Å². The Morgan fingerprint density at radius 3 is 3.10 bits per heavy atom. The standard InChI is InChI=1S/C14H17N3OS2/c1-9-8-15-5-6-17(9)14(18)12-10(2)16-13(20-12)11-4-3-7-19-11/h3-4,7,9,15H,5-6,8H2,1-2H3. The van der Waals surface area contributed by atoms with Gasteiger partial charge in [0.2, 0.25) is 0 Å². The number of rotatable bonds is 2. The van der Waals surface area contributed by atoms with E-state index in [0.717, 1.165) is 40.1 Å². The Morgan fingerprint density at radius 2 is 2.40 bits per heavy atom. The zero-order chi connectivity index (χ0) is 14.1. The molecule has 6 heteroatoms. The van der Waals surface area contributed by atoms with Crippen molar-refractivity contribution in [3.05, 3.63) is 28.1 Å². The third-order valence-corrected chi connectivity index (χ3v) is 5.67. The minimum absolute atomic E-state index is 0.122. The Balaban J connectivity index is 1.88.